The zero-order valence-corrected chi connectivity index (χ0v) is 35.6. The summed E-state index contributed by atoms with van der Waals surface area (Å²) < 4.78 is 0. The fourth-order valence-electron chi connectivity index (χ4n) is 11.0. The minimum absolute atomic E-state index is 0.00143. The van der Waals surface area contributed by atoms with Crippen LogP contribution in [0.3, 0.4) is 0 Å². The van der Waals surface area contributed by atoms with Crippen molar-refractivity contribution in [1.82, 2.24) is 0 Å². The first-order chi connectivity index (χ1) is 29.3. The molecule has 292 valence electrons. The third kappa shape index (κ3) is 6.48. The van der Waals surface area contributed by atoms with Crippen LogP contribution in [-0.2, 0) is 5.41 Å². The molecule has 0 bridgehead atoms. The van der Waals surface area contributed by atoms with Crippen molar-refractivity contribution >= 4 is 11.1 Å². The van der Waals surface area contributed by atoms with E-state index in [0.29, 0.717) is 0 Å². The molecule has 2 atom stereocenters. The van der Waals surface area contributed by atoms with Crippen LogP contribution in [0.15, 0.2) is 211 Å². The van der Waals surface area contributed by atoms with Gasteiger partial charge in [0.1, 0.15) is 0 Å². The van der Waals surface area contributed by atoms with Crippen LogP contribution in [0, 0.1) is 20.8 Å². The lowest BCUT2D eigenvalue weighted by atomic mass is 9.54. The molecule has 60 heavy (non-hydrogen) atoms. The molecule has 0 saturated carbocycles. The van der Waals surface area contributed by atoms with E-state index in [2.05, 4.69) is 242 Å². The molecule has 8 aromatic carbocycles. The molecule has 0 amide bonds. The van der Waals surface area contributed by atoms with E-state index in [1.807, 2.05) is 0 Å². The van der Waals surface area contributed by atoms with Gasteiger partial charge < -0.3 is 0 Å². The fraction of sp³-hybridized carbons (Fsp3) is 0.133. The molecule has 0 N–H and O–H groups in total. The van der Waals surface area contributed by atoms with Crippen molar-refractivity contribution in [1.29, 1.82) is 0 Å². The van der Waals surface area contributed by atoms with Crippen LogP contribution in [-0.4, -0.2) is 0 Å². The highest BCUT2D eigenvalue weighted by Crippen LogP contribution is 2.62. The summed E-state index contributed by atoms with van der Waals surface area (Å²) in [5.74, 6) is 0.00143. The summed E-state index contributed by atoms with van der Waals surface area (Å²) in [4.78, 5) is 0. The van der Waals surface area contributed by atoms with E-state index in [4.69, 9.17) is 0 Å². The Kier molecular flexibility index (Phi) is 10.4. The number of hydrogen-bond acceptors (Lipinski definition) is 0. The number of rotatable bonds is 8. The lowest BCUT2D eigenvalue weighted by molar-refractivity contribution is 0.521. The van der Waals surface area contributed by atoms with Gasteiger partial charge in [-0.1, -0.05) is 213 Å². The molecule has 0 nitrogen and oxygen atoms in total. The lowest BCUT2D eigenvalue weighted by Crippen LogP contribution is -2.38. The smallest absolute Gasteiger partial charge is 0.0296 e. The van der Waals surface area contributed by atoms with Crippen LogP contribution in [0.2, 0.25) is 0 Å². The highest BCUT2D eigenvalue weighted by Gasteiger charge is 2.49. The van der Waals surface area contributed by atoms with Crippen LogP contribution < -0.4 is 0 Å². The average Bonchev–Trinajstić information content (AvgIpc) is 3.29. The summed E-state index contributed by atoms with van der Waals surface area (Å²) in [6.45, 7) is 14.5. The Morgan fingerprint density at radius 1 is 0.350 bits per heavy atom. The summed E-state index contributed by atoms with van der Waals surface area (Å²) in [7, 11) is 0. The summed E-state index contributed by atoms with van der Waals surface area (Å²) in [6, 6.07) is 73.7. The maximum absolute atomic E-state index is 2.56. The van der Waals surface area contributed by atoms with Crippen LogP contribution in [0.5, 0.6) is 0 Å². The largest absolute Gasteiger partial charge is 0.0622 e. The molecule has 0 heteroatoms. The molecule has 0 aliphatic heterocycles. The second-order valence-corrected chi connectivity index (χ2v) is 16.7. The molecule has 8 aromatic rings. The van der Waals surface area contributed by atoms with E-state index in [1.165, 1.54) is 106 Å². The fourth-order valence-corrected chi connectivity index (χ4v) is 11.0. The number of allylic oxidation sites excluding steroid dienone is 4. The van der Waals surface area contributed by atoms with Crippen molar-refractivity contribution in [2.24, 2.45) is 0 Å². The molecule has 0 spiro atoms. The van der Waals surface area contributed by atoms with Crippen LogP contribution in [0.4, 0.5) is 0 Å². The average molecular weight is 773 g/mol. The van der Waals surface area contributed by atoms with Gasteiger partial charge in [0, 0.05) is 11.3 Å². The Bertz CT molecular complexity index is 2800. The zero-order chi connectivity index (χ0) is 41.4. The monoisotopic (exact) mass is 772 g/mol. The molecule has 1 aliphatic rings. The van der Waals surface area contributed by atoms with Gasteiger partial charge in [0.05, 0.1) is 0 Å². The van der Waals surface area contributed by atoms with Crippen molar-refractivity contribution in [2.75, 3.05) is 0 Å². The van der Waals surface area contributed by atoms with E-state index in [9.17, 15) is 0 Å². The first-order valence-corrected chi connectivity index (χ1v) is 21.3. The summed E-state index contributed by atoms with van der Waals surface area (Å²) in [5, 5.41) is 0. The zero-order valence-electron chi connectivity index (χ0n) is 35.6. The van der Waals surface area contributed by atoms with Crippen molar-refractivity contribution in [3.63, 3.8) is 0 Å². The molecule has 0 radical (unpaired) electrons. The predicted molar refractivity (Wildman–Crippen MR) is 257 cm³/mol. The third-order valence-electron chi connectivity index (χ3n) is 13.3. The van der Waals surface area contributed by atoms with Gasteiger partial charge in [0.2, 0.25) is 0 Å². The second-order valence-electron chi connectivity index (χ2n) is 16.7. The van der Waals surface area contributed by atoms with Gasteiger partial charge >= 0.3 is 0 Å². The van der Waals surface area contributed by atoms with E-state index in [0.717, 1.165) is 0 Å². The van der Waals surface area contributed by atoms with Gasteiger partial charge in [-0.3, -0.25) is 0 Å². The van der Waals surface area contributed by atoms with E-state index < -0.39 is 5.41 Å². The predicted octanol–water partition coefficient (Wildman–Crippen LogP) is 16.3. The van der Waals surface area contributed by atoms with Crippen molar-refractivity contribution < 1.29 is 0 Å². The summed E-state index contributed by atoms with van der Waals surface area (Å²) >= 11 is 0. The van der Waals surface area contributed by atoms with E-state index in [1.54, 1.807) is 0 Å². The van der Waals surface area contributed by atoms with Gasteiger partial charge in [0.25, 0.3) is 0 Å². The lowest BCUT2D eigenvalue weighted by Gasteiger charge is -2.49. The first-order valence-electron chi connectivity index (χ1n) is 21.3. The van der Waals surface area contributed by atoms with Gasteiger partial charge in [-0.15, -0.1) is 0 Å². The minimum atomic E-state index is -0.545. The Morgan fingerprint density at radius 3 is 1.20 bits per heavy atom. The SMILES string of the molecule is CC1=C(c2c(C)c(-c3ccccc3)c(C)c(-c3ccccc3)c2C)C(C)(c2cccc(-c3ccccc3)c2-c2ccccc2)C(c2ccccc2)C(C)=C1c1ccccc1. The number of benzene rings is 8. The van der Waals surface area contributed by atoms with Gasteiger partial charge in [0.15, 0.2) is 0 Å². The molecule has 0 fully saturated rings. The Morgan fingerprint density at radius 2 is 0.733 bits per heavy atom. The van der Waals surface area contributed by atoms with Crippen LogP contribution in [0.25, 0.3) is 55.7 Å². The van der Waals surface area contributed by atoms with Crippen molar-refractivity contribution in [3.05, 3.63) is 250 Å². The first kappa shape index (κ1) is 38.7. The van der Waals surface area contributed by atoms with E-state index in [-0.39, 0.29) is 5.92 Å². The van der Waals surface area contributed by atoms with Crippen molar-refractivity contribution in [2.45, 2.75) is 52.9 Å². The van der Waals surface area contributed by atoms with E-state index >= 15 is 0 Å². The highest BCUT2D eigenvalue weighted by atomic mass is 14.5. The molecule has 0 heterocycles. The minimum Gasteiger partial charge on any atom is -0.0622 e. The quantitative estimate of drug-likeness (QED) is 0.144. The van der Waals surface area contributed by atoms with Crippen LogP contribution >= 0.6 is 0 Å². The van der Waals surface area contributed by atoms with Crippen molar-refractivity contribution in [3.8, 4) is 44.5 Å². The molecule has 2 unspecified atom stereocenters. The molecule has 1 aliphatic carbocycles. The maximum Gasteiger partial charge on any atom is 0.0296 e. The number of hydrogen-bond donors (Lipinski definition) is 0. The summed E-state index contributed by atoms with van der Waals surface area (Å²) in [6.07, 6.45) is 0. The maximum atomic E-state index is 2.56. The van der Waals surface area contributed by atoms with Gasteiger partial charge in [-0.05, 0) is 135 Å². The molecule has 0 saturated heterocycles. The molecule has 0 aromatic heterocycles. The summed E-state index contributed by atoms with van der Waals surface area (Å²) in [5.41, 5.74) is 24.1. The molecular formula is C60H52. The Hall–Kier alpha value is -6.76. The topological polar surface area (TPSA) is 0 Å². The van der Waals surface area contributed by atoms with Gasteiger partial charge in [-0.25, -0.2) is 0 Å². The van der Waals surface area contributed by atoms with Crippen LogP contribution in [0.1, 0.15) is 65.6 Å². The molecule has 9 rings (SSSR count). The normalized spacial score (nSPS) is 16.6. The standard InChI is InChI=1S/C60H52/c1-40-53(46-28-15-8-16-29-46)41(2)56(42(3)54(40)47-30-17-9-18-31-47)59-44(5)55(48-32-19-10-20-33-48)43(4)58(50-36-23-12-24-37-50)60(59,6)52-39-25-38-51(45-26-13-7-14-27-45)57(52)49-34-21-11-22-35-49/h7-39,58H,1-6H3. The Balaban J connectivity index is 1.50. The molecular weight excluding hydrogens is 721 g/mol. The second kappa shape index (κ2) is 16.1. The highest BCUT2D eigenvalue weighted by molar-refractivity contribution is 6.03. The van der Waals surface area contributed by atoms with Gasteiger partial charge in [-0.2, -0.15) is 0 Å². The third-order valence-corrected chi connectivity index (χ3v) is 13.3. The Labute approximate surface area is 357 Å².